The SMILES string of the molecule is O=C(CCCCCCc1ccccc1)c1nc(-c2ccccn2)co1. The second-order valence-electron chi connectivity index (χ2n) is 6.08. The molecule has 128 valence electrons. The van der Waals surface area contributed by atoms with Crippen LogP contribution < -0.4 is 0 Å². The Bertz CT molecular complexity index is 782. The van der Waals surface area contributed by atoms with Crippen molar-refractivity contribution in [3.63, 3.8) is 0 Å². The third-order valence-corrected chi connectivity index (χ3v) is 4.13. The number of aromatic nitrogens is 2. The van der Waals surface area contributed by atoms with Crippen LogP contribution in [-0.2, 0) is 6.42 Å². The number of Topliss-reactive ketones (excluding diaryl/α,β-unsaturated/α-hetero) is 1. The van der Waals surface area contributed by atoms with Crippen LogP contribution in [0.4, 0.5) is 0 Å². The zero-order chi connectivity index (χ0) is 17.3. The van der Waals surface area contributed by atoms with Gasteiger partial charge in [0.15, 0.2) is 0 Å². The number of unbranched alkanes of at least 4 members (excludes halogenated alkanes) is 3. The van der Waals surface area contributed by atoms with E-state index in [0.29, 0.717) is 17.8 Å². The number of nitrogens with zero attached hydrogens (tertiary/aromatic N) is 2. The third-order valence-electron chi connectivity index (χ3n) is 4.13. The summed E-state index contributed by atoms with van der Waals surface area (Å²) in [7, 11) is 0. The van der Waals surface area contributed by atoms with Crippen LogP contribution in [0.25, 0.3) is 11.4 Å². The average Bonchev–Trinajstić information content (AvgIpc) is 3.16. The van der Waals surface area contributed by atoms with Gasteiger partial charge in [-0.3, -0.25) is 9.78 Å². The lowest BCUT2D eigenvalue weighted by Gasteiger charge is -2.01. The van der Waals surface area contributed by atoms with Gasteiger partial charge in [0, 0.05) is 12.6 Å². The molecule has 4 heteroatoms. The Hall–Kier alpha value is -2.75. The number of benzene rings is 1. The number of carbonyl (C=O) groups is 1. The van der Waals surface area contributed by atoms with Gasteiger partial charge in [-0.1, -0.05) is 49.2 Å². The zero-order valence-corrected chi connectivity index (χ0v) is 14.2. The summed E-state index contributed by atoms with van der Waals surface area (Å²) in [4.78, 5) is 20.6. The number of pyridine rings is 1. The fourth-order valence-electron chi connectivity index (χ4n) is 2.75. The highest BCUT2D eigenvalue weighted by atomic mass is 16.3. The molecule has 0 aliphatic rings. The third kappa shape index (κ3) is 5.11. The van der Waals surface area contributed by atoms with E-state index in [0.717, 1.165) is 32.1 Å². The predicted octanol–water partition coefficient (Wildman–Crippen LogP) is 5.11. The number of oxazole rings is 1. The van der Waals surface area contributed by atoms with Crippen molar-refractivity contribution in [2.75, 3.05) is 0 Å². The summed E-state index contributed by atoms with van der Waals surface area (Å²) in [6.07, 6.45) is 8.97. The van der Waals surface area contributed by atoms with Gasteiger partial charge in [-0.15, -0.1) is 0 Å². The number of aryl methyl sites for hydroxylation is 1. The molecule has 0 atom stereocenters. The molecule has 0 fully saturated rings. The Morgan fingerprint density at radius 1 is 0.880 bits per heavy atom. The van der Waals surface area contributed by atoms with Gasteiger partial charge in [-0.2, -0.15) is 0 Å². The van der Waals surface area contributed by atoms with Crippen molar-refractivity contribution in [2.24, 2.45) is 0 Å². The van der Waals surface area contributed by atoms with Crippen molar-refractivity contribution >= 4 is 5.78 Å². The first kappa shape index (κ1) is 17.1. The van der Waals surface area contributed by atoms with E-state index in [-0.39, 0.29) is 11.7 Å². The summed E-state index contributed by atoms with van der Waals surface area (Å²) < 4.78 is 5.32. The number of hydrogen-bond donors (Lipinski definition) is 0. The molecule has 2 aromatic heterocycles. The lowest BCUT2D eigenvalue weighted by Crippen LogP contribution is -1.99. The second kappa shape index (κ2) is 8.92. The predicted molar refractivity (Wildman–Crippen MR) is 97.3 cm³/mol. The van der Waals surface area contributed by atoms with Gasteiger partial charge in [0.05, 0.1) is 5.69 Å². The highest BCUT2D eigenvalue weighted by Crippen LogP contribution is 2.17. The standard InChI is InChI=1S/C21H22N2O2/c24-20(14-7-2-1-4-10-17-11-5-3-6-12-17)21-23-19(16-25-21)18-13-8-9-15-22-18/h3,5-6,8-9,11-13,15-16H,1-2,4,7,10,14H2. The highest BCUT2D eigenvalue weighted by Gasteiger charge is 2.14. The van der Waals surface area contributed by atoms with Gasteiger partial charge in [0.25, 0.3) is 5.89 Å². The van der Waals surface area contributed by atoms with Crippen molar-refractivity contribution in [1.82, 2.24) is 9.97 Å². The Kier molecular flexibility index (Phi) is 6.10. The summed E-state index contributed by atoms with van der Waals surface area (Å²) in [6.45, 7) is 0. The molecule has 0 N–H and O–H groups in total. The van der Waals surface area contributed by atoms with E-state index in [1.807, 2.05) is 24.3 Å². The molecule has 0 aliphatic carbocycles. The number of ketones is 1. The van der Waals surface area contributed by atoms with Crippen LogP contribution in [0.3, 0.4) is 0 Å². The lowest BCUT2D eigenvalue weighted by atomic mass is 10.0. The van der Waals surface area contributed by atoms with Crippen molar-refractivity contribution < 1.29 is 9.21 Å². The fourth-order valence-corrected chi connectivity index (χ4v) is 2.75. The van der Waals surface area contributed by atoms with Gasteiger partial charge in [0.1, 0.15) is 12.0 Å². The van der Waals surface area contributed by atoms with E-state index in [1.54, 1.807) is 6.20 Å². The van der Waals surface area contributed by atoms with E-state index in [4.69, 9.17) is 4.42 Å². The molecule has 0 saturated carbocycles. The van der Waals surface area contributed by atoms with Crippen LogP contribution in [0, 0.1) is 0 Å². The minimum Gasteiger partial charge on any atom is -0.442 e. The first-order valence-electron chi connectivity index (χ1n) is 8.77. The van der Waals surface area contributed by atoms with E-state index in [9.17, 15) is 4.79 Å². The molecule has 0 spiro atoms. The number of rotatable bonds is 9. The first-order chi connectivity index (χ1) is 12.3. The first-order valence-corrected chi connectivity index (χ1v) is 8.77. The van der Waals surface area contributed by atoms with E-state index >= 15 is 0 Å². The average molecular weight is 334 g/mol. The Morgan fingerprint density at radius 3 is 2.48 bits per heavy atom. The van der Waals surface area contributed by atoms with Crippen molar-refractivity contribution in [3.8, 4) is 11.4 Å². The van der Waals surface area contributed by atoms with Crippen LogP contribution in [0.15, 0.2) is 65.4 Å². The maximum absolute atomic E-state index is 12.2. The Labute approximate surface area is 147 Å². The maximum Gasteiger partial charge on any atom is 0.263 e. The highest BCUT2D eigenvalue weighted by molar-refractivity contribution is 5.92. The molecule has 0 aliphatic heterocycles. The van der Waals surface area contributed by atoms with Gasteiger partial charge in [0.2, 0.25) is 5.78 Å². The molecule has 0 radical (unpaired) electrons. The summed E-state index contributed by atoms with van der Waals surface area (Å²) in [5, 5.41) is 0. The van der Waals surface area contributed by atoms with E-state index < -0.39 is 0 Å². The molecule has 1 aromatic carbocycles. The molecule has 3 rings (SSSR count). The topological polar surface area (TPSA) is 56.0 Å². The lowest BCUT2D eigenvalue weighted by molar-refractivity contribution is 0.0945. The fraction of sp³-hybridized carbons (Fsp3) is 0.286. The van der Waals surface area contributed by atoms with Gasteiger partial charge in [-0.05, 0) is 37.0 Å². The maximum atomic E-state index is 12.2. The van der Waals surface area contributed by atoms with Gasteiger partial charge in [-0.25, -0.2) is 4.98 Å². The summed E-state index contributed by atoms with van der Waals surface area (Å²) in [6, 6.07) is 16.1. The molecule has 0 unspecified atom stereocenters. The molecular formula is C21H22N2O2. The van der Waals surface area contributed by atoms with Gasteiger partial charge < -0.3 is 4.42 Å². The van der Waals surface area contributed by atoms with Crippen molar-refractivity contribution in [3.05, 3.63) is 72.4 Å². The minimum atomic E-state index is -0.0368. The van der Waals surface area contributed by atoms with Crippen LogP contribution >= 0.6 is 0 Å². The smallest absolute Gasteiger partial charge is 0.263 e. The molecular weight excluding hydrogens is 312 g/mol. The summed E-state index contributed by atoms with van der Waals surface area (Å²) in [5.41, 5.74) is 2.69. The molecule has 4 nitrogen and oxygen atoms in total. The number of hydrogen-bond acceptors (Lipinski definition) is 4. The molecule has 25 heavy (non-hydrogen) atoms. The Morgan fingerprint density at radius 2 is 1.68 bits per heavy atom. The molecule has 3 aromatic rings. The van der Waals surface area contributed by atoms with Crippen LogP contribution in [-0.4, -0.2) is 15.8 Å². The van der Waals surface area contributed by atoms with Crippen molar-refractivity contribution in [1.29, 1.82) is 0 Å². The summed E-state index contributed by atoms with van der Waals surface area (Å²) in [5.74, 6) is 0.148. The zero-order valence-electron chi connectivity index (χ0n) is 14.2. The largest absolute Gasteiger partial charge is 0.442 e. The molecule has 0 bridgehead atoms. The monoisotopic (exact) mass is 334 g/mol. The van der Waals surface area contributed by atoms with E-state index in [2.05, 4.69) is 34.2 Å². The molecule has 0 saturated heterocycles. The quantitative estimate of drug-likeness (QED) is 0.403. The minimum absolute atomic E-state index is 0.0368. The van der Waals surface area contributed by atoms with Crippen LogP contribution in [0.1, 0.15) is 48.4 Å². The summed E-state index contributed by atoms with van der Waals surface area (Å²) >= 11 is 0. The van der Waals surface area contributed by atoms with Crippen LogP contribution in [0.2, 0.25) is 0 Å². The van der Waals surface area contributed by atoms with E-state index in [1.165, 1.54) is 11.8 Å². The number of carbonyl (C=O) groups excluding carboxylic acids is 1. The van der Waals surface area contributed by atoms with Gasteiger partial charge >= 0.3 is 0 Å². The second-order valence-corrected chi connectivity index (χ2v) is 6.08. The van der Waals surface area contributed by atoms with Crippen LogP contribution in [0.5, 0.6) is 0 Å². The normalized spacial score (nSPS) is 10.7. The Balaban J connectivity index is 1.37. The molecule has 0 amide bonds. The van der Waals surface area contributed by atoms with Crippen molar-refractivity contribution in [2.45, 2.75) is 38.5 Å². The molecule has 2 heterocycles.